The van der Waals surface area contributed by atoms with Gasteiger partial charge in [-0.3, -0.25) is 0 Å². The third-order valence-electron chi connectivity index (χ3n) is 8.59. The Hall–Kier alpha value is -0.190. The Bertz CT molecular complexity index is 485. The second kappa shape index (κ2) is 5.15. The first-order valence-corrected chi connectivity index (χ1v) is 9.45. The van der Waals surface area contributed by atoms with Gasteiger partial charge in [0.2, 0.25) is 0 Å². The minimum atomic E-state index is -1.14. The molecule has 4 aliphatic rings. The van der Waals surface area contributed by atoms with Crippen LogP contribution in [0.4, 0.5) is 4.39 Å². The van der Waals surface area contributed by atoms with Crippen LogP contribution in [0.25, 0.3) is 0 Å². The number of alkyl halides is 1. The van der Waals surface area contributed by atoms with Gasteiger partial charge < -0.3 is 15.3 Å². The molecule has 0 aromatic heterocycles. The molecule has 0 spiro atoms. The molecule has 3 N–H and O–H groups in total. The number of halogens is 1. The third-order valence-corrected chi connectivity index (χ3v) is 8.59. The lowest BCUT2D eigenvalue weighted by molar-refractivity contribution is -0.177. The second-order valence-corrected chi connectivity index (χ2v) is 9.47. The van der Waals surface area contributed by atoms with Crippen LogP contribution >= 0.6 is 0 Å². The monoisotopic (exact) mass is 326 g/mol. The third kappa shape index (κ3) is 2.10. The summed E-state index contributed by atoms with van der Waals surface area (Å²) in [6.45, 7) is 4.37. The van der Waals surface area contributed by atoms with Gasteiger partial charge in [0.1, 0.15) is 6.17 Å². The van der Waals surface area contributed by atoms with Gasteiger partial charge in [0, 0.05) is 0 Å². The first-order valence-electron chi connectivity index (χ1n) is 9.45. The molecular weight excluding hydrogens is 295 g/mol. The van der Waals surface area contributed by atoms with Crippen molar-refractivity contribution in [3.63, 3.8) is 0 Å². The van der Waals surface area contributed by atoms with Crippen molar-refractivity contribution in [2.75, 3.05) is 0 Å². The van der Waals surface area contributed by atoms with Crippen molar-refractivity contribution in [3.05, 3.63) is 0 Å². The van der Waals surface area contributed by atoms with Crippen molar-refractivity contribution in [2.45, 2.75) is 83.3 Å². The van der Waals surface area contributed by atoms with E-state index in [1.807, 2.05) is 6.92 Å². The first-order chi connectivity index (χ1) is 10.8. The highest BCUT2D eigenvalue weighted by molar-refractivity contribution is 5.13. The summed E-state index contributed by atoms with van der Waals surface area (Å²) in [5, 5.41) is 31.3. The molecule has 0 aromatic rings. The van der Waals surface area contributed by atoms with E-state index in [4.69, 9.17) is 0 Å². The maximum Gasteiger partial charge on any atom is 0.127 e. The predicted molar refractivity (Wildman–Crippen MR) is 85.4 cm³/mol. The summed E-state index contributed by atoms with van der Waals surface area (Å²) in [4.78, 5) is 0. The summed E-state index contributed by atoms with van der Waals surface area (Å²) < 4.78 is 14.3. The predicted octanol–water partition coefficient (Wildman–Crippen LogP) is 2.67. The van der Waals surface area contributed by atoms with Crippen LogP contribution in [0, 0.1) is 34.5 Å². The molecule has 23 heavy (non-hydrogen) atoms. The van der Waals surface area contributed by atoms with Crippen molar-refractivity contribution >= 4 is 0 Å². The van der Waals surface area contributed by atoms with Crippen LogP contribution in [0.2, 0.25) is 0 Å². The highest BCUT2D eigenvalue weighted by Gasteiger charge is 2.64. The second-order valence-electron chi connectivity index (χ2n) is 9.47. The van der Waals surface area contributed by atoms with Gasteiger partial charge in [0.25, 0.3) is 0 Å². The van der Waals surface area contributed by atoms with E-state index < -0.39 is 18.4 Å². The molecule has 10 atom stereocenters. The van der Waals surface area contributed by atoms with Crippen LogP contribution in [0.1, 0.15) is 58.8 Å². The Morgan fingerprint density at radius 3 is 2.30 bits per heavy atom. The average Bonchev–Trinajstić information content (AvgIpc) is 2.73. The van der Waals surface area contributed by atoms with E-state index >= 15 is 0 Å². The summed E-state index contributed by atoms with van der Waals surface area (Å²) in [5.41, 5.74) is -0.219. The maximum atomic E-state index is 14.3. The summed E-state index contributed by atoms with van der Waals surface area (Å²) in [6.07, 6.45) is 2.97. The van der Waals surface area contributed by atoms with Gasteiger partial charge in [-0.1, -0.05) is 13.8 Å². The summed E-state index contributed by atoms with van der Waals surface area (Å²) in [6, 6.07) is 0. The lowest BCUT2D eigenvalue weighted by atomic mass is 9.44. The first kappa shape index (κ1) is 16.3. The minimum absolute atomic E-state index is 0.0888. The molecule has 0 radical (unpaired) electrons. The van der Waals surface area contributed by atoms with E-state index in [2.05, 4.69) is 6.92 Å². The van der Waals surface area contributed by atoms with Crippen LogP contribution in [0.3, 0.4) is 0 Å². The summed E-state index contributed by atoms with van der Waals surface area (Å²) in [5.74, 6) is 0.977. The zero-order valence-corrected chi connectivity index (χ0v) is 14.3. The van der Waals surface area contributed by atoms with Crippen molar-refractivity contribution in [3.8, 4) is 0 Å². The molecule has 4 rings (SSSR count). The number of rotatable bonds is 0. The Balaban J connectivity index is 1.68. The van der Waals surface area contributed by atoms with Crippen LogP contribution < -0.4 is 0 Å². The summed E-state index contributed by atoms with van der Waals surface area (Å²) >= 11 is 0. The van der Waals surface area contributed by atoms with Crippen molar-refractivity contribution in [1.82, 2.24) is 0 Å². The Kier molecular flexibility index (Phi) is 3.65. The van der Waals surface area contributed by atoms with Crippen molar-refractivity contribution < 1.29 is 19.7 Å². The Morgan fingerprint density at radius 2 is 1.57 bits per heavy atom. The summed E-state index contributed by atoms with van der Waals surface area (Å²) in [7, 11) is 0. The molecule has 0 aliphatic heterocycles. The van der Waals surface area contributed by atoms with Crippen LogP contribution in [-0.4, -0.2) is 39.8 Å². The SMILES string of the molecule is C[C@]12CC[C@H]3[C@@H]([C@@H](O)CC4C[C@@H](O)CC[C@@]43C)[C@@H]1C[C@@H](F)[C@@H]2O. The quantitative estimate of drug-likeness (QED) is 0.641. The van der Waals surface area contributed by atoms with Gasteiger partial charge in [-0.25, -0.2) is 4.39 Å². The normalized spacial score (nSPS) is 62.3. The molecule has 0 bridgehead atoms. The number of fused-ring (bicyclic) bond motifs is 5. The molecule has 132 valence electrons. The molecule has 4 fully saturated rings. The van der Waals surface area contributed by atoms with Crippen molar-refractivity contribution in [1.29, 1.82) is 0 Å². The molecule has 1 unspecified atom stereocenters. The smallest absolute Gasteiger partial charge is 0.127 e. The maximum absolute atomic E-state index is 14.3. The number of aliphatic hydroxyl groups is 3. The lowest BCUT2D eigenvalue weighted by Gasteiger charge is -2.61. The zero-order chi connectivity index (χ0) is 16.6. The Labute approximate surface area is 138 Å². The lowest BCUT2D eigenvalue weighted by Crippen LogP contribution is -2.58. The molecule has 0 aromatic carbocycles. The molecule has 4 aliphatic carbocycles. The van der Waals surface area contributed by atoms with Gasteiger partial charge in [-0.15, -0.1) is 0 Å². The zero-order valence-electron chi connectivity index (χ0n) is 14.3. The molecule has 0 amide bonds. The van der Waals surface area contributed by atoms with Gasteiger partial charge in [0.15, 0.2) is 0 Å². The van der Waals surface area contributed by atoms with Crippen LogP contribution in [-0.2, 0) is 0 Å². The van der Waals surface area contributed by atoms with E-state index in [0.717, 1.165) is 38.5 Å². The van der Waals surface area contributed by atoms with E-state index in [0.29, 0.717) is 18.3 Å². The molecule has 3 nitrogen and oxygen atoms in total. The minimum Gasteiger partial charge on any atom is -0.393 e. The molecule has 4 heteroatoms. The van der Waals surface area contributed by atoms with E-state index in [1.54, 1.807) is 0 Å². The van der Waals surface area contributed by atoms with E-state index in [-0.39, 0.29) is 28.8 Å². The highest BCUT2D eigenvalue weighted by atomic mass is 19.1. The molecule has 0 heterocycles. The fourth-order valence-corrected chi connectivity index (χ4v) is 7.15. The standard InChI is InChI=1S/C19H31FO3/c1-18-5-3-11(21)7-10(18)8-15(22)16-12(18)4-6-19(2)13(16)9-14(20)17(19)23/h10-17,21-23H,3-9H2,1-2H3/t10?,11-,12-,13-,14+,15-,16+,17-,18-,19-/m0/s1. The van der Waals surface area contributed by atoms with E-state index in [1.165, 1.54) is 0 Å². The van der Waals surface area contributed by atoms with Crippen molar-refractivity contribution in [2.24, 2.45) is 34.5 Å². The van der Waals surface area contributed by atoms with Crippen LogP contribution in [0.15, 0.2) is 0 Å². The van der Waals surface area contributed by atoms with Gasteiger partial charge in [0.05, 0.1) is 18.3 Å². The fourth-order valence-electron chi connectivity index (χ4n) is 7.15. The van der Waals surface area contributed by atoms with Gasteiger partial charge in [-0.2, -0.15) is 0 Å². The number of aliphatic hydroxyl groups excluding tert-OH is 3. The molecular formula is C19H31FO3. The van der Waals surface area contributed by atoms with Gasteiger partial charge in [-0.05, 0) is 79.4 Å². The number of hydrogen-bond acceptors (Lipinski definition) is 3. The highest BCUT2D eigenvalue weighted by Crippen LogP contribution is 2.66. The molecule has 0 saturated heterocycles. The van der Waals surface area contributed by atoms with E-state index in [9.17, 15) is 19.7 Å². The number of hydrogen-bond donors (Lipinski definition) is 3. The molecule has 4 saturated carbocycles. The average molecular weight is 326 g/mol. The van der Waals surface area contributed by atoms with Gasteiger partial charge >= 0.3 is 0 Å². The topological polar surface area (TPSA) is 60.7 Å². The fraction of sp³-hybridized carbons (Fsp3) is 1.00. The Morgan fingerprint density at radius 1 is 0.870 bits per heavy atom. The van der Waals surface area contributed by atoms with Crippen LogP contribution in [0.5, 0.6) is 0 Å². The largest absolute Gasteiger partial charge is 0.393 e.